The summed E-state index contributed by atoms with van der Waals surface area (Å²) in [4.78, 5) is 26.2. The lowest BCUT2D eigenvalue weighted by Gasteiger charge is -2.43. The summed E-state index contributed by atoms with van der Waals surface area (Å²) in [6.45, 7) is 3.31. The first-order valence-corrected chi connectivity index (χ1v) is 17.1. The van der Waals surface area contributed by atoms with Crippen LogP contribution in [0.25, 0.3) is 0 Å². The lowest BCUT2D eigenvalue weighted by atomic mass is 9.68. The van der Waals surface area contributed by atoms with E-state index in [9.17, 15) is 23.1 Å². The maximum atomic E-state index is 15.4. The van der Waals surface area contributed by atoms with Gasteiger partial charge in [-0.05, 0) is 74.6 Å². The third-order valence-corrected chi connectivity index (χ3v) is 11.3. The fraction of sp³-hybridized carbons (Fsp3) is 0.394. The number of hydrogen-bond donors (Lipinski definition) is 4. The van der Waals surface area contributed by atoms with E-state index < -0.39 is 45.3 Å². The number of carbonyl (C=O) groups is 2. The van der Waals surface area contributed by atoms with Crippen molar-refractivity contribution >= 4 is 39.3 Å². The molecule has 0 unspecified atom stereocenters. The van der Waals surface area contributed by atoms with Crippen molar-refractivity contribution < 1.29 is 32.2 Å². The predicted octanol–water partition coefficient (Wildman–Crippen LogP) is 4.79. The maximum Gasteiger partial charge on any atom is 0.405 e. The summed E-state index contributed by atoms with van der Waals surface area (Å²) in [6, 6.07) is 17.4. The molecule has 0 bridgehead atoms. The molecule has 2 amide bonds. The second-order valence-electron chi connectivity index (χ2n) is 11.8. The van der Waals surface area contributed by atoms with Crippen LogP contribution in [0.4, 0.5) is 14.9 Å². The predicted molar refractivity (Wildman–Crippen MR) is 173 cm³/mol. The molecule has 10 nitrogen and oxygen atoms in total. The van der Waals surface area contributed by atoms with E-state index in [1.54, 1.807) is 60.7 Å². The zero-order chi connectivity index (χ0) is 32.9. The van der Waals surface area contributed by atoms with Crippen LogP contribution < -0.4 is 16.0 Å². The van der Waals surface area contributed by atoms with Crippen LogP contribution in [0.2, 0.25) is 5.02 Å². The number of benzene rings is 3. The van der Waals surface area contributed by atoms with Crippen molar-refractivity contribution in [3.8, 4) is 0 Å². The Bertz CT molecular complexity index is 1640. The maximum absolute atomic E-state index is 15.4. The molecule has 4 N–H and O–H groups in total. The van der Waals surface area contributed by atoms with Gasteiger partial charge in [0.05, 0.1) is 4.90 Å². The molecule has 2 aliphatic rings. The van der Waals surface area contributed by atoms with Gasteiger partial charge in [0.1, 0.15) is 11.9 Å². The molecular formula is C33H38ClFN4O6S. The topological polar surface area (TPSA) is 137 Å². The first kappa shape index (κ1) is 33.8. The highest BCUT2D eigenvalue weighted by Crippen LogP contribution is 2.39. The second kappa shape index (κ2) is 14.5. The Morgan fingerprint density at radius 2 is 1.76 bits per heavy atom. The summed E-state index contributed by atoms with van der Waals surface area (Å²) < 4.78 is 49.9. The molecule has 2 fully saturated rings. The third-order valence-electron chi connectivity index (χ3n) is 8.92. The molecule has 2 heterocycles. The van der Waals surface area contributed by atoms with Gasteiger partial charge in [-0.25, -0.2) is 17.6 Å². The van der Waals surface area contributed by atoms with Crippen molar-refractivity contribution in [2.75, 3.05) is 31.6 Å². The van der Waals surface area contributed by atoms with E-state index in [-0.39, 0.29) is 35.0 Å². The summed E-state index contributed by atoms with van der Waals surface area (Å²) in [6.07, 6.45) is -0.257. The Kier molecular flexibility index (Phi) is 10.6. The molecule has 5 rings (SSSR count). The van der Waals surface area contributed by atoms with Gasteiger partial charge in [-0.1, -0.05) is 48.0 Å². The number of rotatable bonds is 10. The van der Waals surface area contributed by atoms with Crippen LogP contribution in [0.5, 0.6) is 0 Å². The number of halogens is 2. The third kappa shape index (κ3) is 7.21. The van der Waals surface area contributed by atoms with Crippen LogP contribution in [-0.4, -0.2) is 74.3 Å². The van der Waals surface area contributed by atoms with Gasteiger partial charge in [0, 0.05) is 60.1 Å². The summed E-state index contributed by atoms with van der Waals surface area (Å²) in [5, 5.41) is 18.8. The van der Waals surface area contributed by atoms with Gasteiger partial charge in [-0.15, -0.1) is 0 Å². The summed E-state index contributed by atoms with van der Waals surface area (Å²) >= 11 is 6.13. The van der Waals surface area contributed by atoms with E-state index in [0.717, 1.165) is 5.56 Å². The van der Waals surface area contributed by atoms with E-state index in [4.69, 9.17) is 16.3 Å². The van der Waals surface area contributed by atoms with Gasteiger partial charge in [-0.3, -0.25) is 4.79 Å². The molecule has 2 aliphatic heterocycles. The molecule has 3 aromatic rings. The van der Waals surface area contributed by atoms with Gasteiger partial charge >= 0.3 is 6.09 Å². The average molecular weight is 673 g/mol. The van der Waals surface area contributed by atoms with E-state index in [2.05, 4.69) is 16.0 Å². The number of carboxylic acid groups (broad SMARTS) is 1. The second-order valence-corrected chi connectivity index (χ2v) is 14.0. The normalized spacial score (nSPS) is 20.8. The Labute approximate surface area is 273 Å². The highest BCUT2D eigenvalue weighted by Gasteiger charge is 2.47. The minimum absolute atomic E-state index is 0.120. The summed E-state index contributed by atoms with van der Waals surface area (Å²) in [5.41, 5.74) is 0.171. The van der Waals surface area contributed by atoms with Crippen LogP contribution in [0.15, 0.2) is 77.7 Å². The van der Waals surface area contributed by atoms with Crippen LogP contribution in [-0.2, 0) is 31.4 Å². The SMILES string of the molecule is C[C@@H]1CNC[C@H](CCc2c(F)cccc2NC(=O)[C@@H](NC(=O)O)C2(c3ccc(Cl)cc3)CCOCC2)N1S(=O)(=O)c1ccccc1. The van der Waals surface area contributed by atoms with Crippen molar-refractivity contribution in [1.29, 1.82) is 0 Å². The largest absolute Gasteiger partial charge is 0.465 e. The van der Waals surface area contributed by atoms with Crippen molar-refractivity contribution in [3.63, 3.8) is 0 Å². The van der Waals surface area contributed by atoms with E-state index >= 15 is 4.39 Å². The van der Waals surface area contributed by atoms with Gasteiger partial charge in [-0.2, -0.15) is 4.31 Å². The molecule has 0 aromatic heterocycles. The lowest BCUT2D eigenvalue weighted by molar-refractivity contribution is -0.121. The smallest absolute Gasteiger partial charge is 0.405 e. The molecule has 3 aromatic carbocycles. The van der Waals surface area contributed by atoms with Gasteiger partial charge < -0.3 is 25.8 Å². The molecule has 46 heavy (non-hydrogen) atoms. The Hall–Kier alpha value is -3.55. The fourth-order valence-corrected chi connectivity index (χ4v) is 8.65. The summed E-state index contributed by atoms with van der Waals surface area (Å²) in [5.74, 6) is -1.21. The van der Waals surface area contributed by atoms with Gasteiger partial charge in [0.25, 0.3) is 0 Å². The quantitative estimate of drug-likeness (QED) is 0.243. The highest BCUT2D eigenvalue weighted by atomic mass is 35.5. The van der Waals surface area contributed by atoms with Crippen LogP contribution in [0, 0.1) is 5.82 Å². The molecule has 2 saturated heterocycles. The molecule has 0 spiro atoms. The minimum atomic E-state index is -3.83. The lowest BCUT2D eigenvalue weighted by Crippen LogP contribution is -2.58. The number of carbonyl (C=O) groups excluding carboxylic acids is 1. The number of piperazine rings is 1. The Balaban J connectivity index is 1.42. The monoisotopic (exact) mass is 672 g/mol. The highest BCUT2D eigenvalue weighted by molar-refractivity contribution is 7.89. The molecule has 0 aliphatic carbocycles. The fourth-order valence-electron chi connectivity index (χ4n) is 6.66. The number of nitrogens with one attached hydrogen (secondary N) is 3. The minimum Gasteiger partial charge on any atom is -0.465 e. The van der Waals surface area contributed by atoms with Gasteiger partial charge in [0.15, 0.2) is 0 Å². The zero-order valence-corrected chi connectivity index (χ0v) is 27.0. The van der Waals surface area contributed by atoms with E-state index in [0.29, 0.717) is 44.2 Å². The molecule has 3 atom stereocenters. The van der Waals surface area contributed by atoms with Crippen molar-refractivity contribution in [3.05, 3.63) is 94.8 Å². The summed E-state index contributed by atoms with van der Waals surface area (Å²) in [7, 11) is -3.83. The zero-order valence-electron chi connectivity index (χ0n) is 25.4. The number of anilines is 1. The first-order valence-electron chi connectivity index (χ1n) is 15.2. The molecule has 246 valence electrons. The molecule has 0 saturated carbocycles. The average Bonchev–Trinajstić information content (AvgIpc) is 3.04. The first-order chi connectivity index (χ1) is 22.0. The van der Waals surface area contributed by atoms with E-state index in [1.807, 2.05) is 6.92 Å². The Morgan fingerprint density at radius 1 is 1.07 bits per heavy atom. The number of sulfonamides is 1. The molecule has 13 heteroatoms. The molecular weight excluding hydrogens is 635 g/mol. The number of ether oxygens (including phenoxy) is 1. The van der Waals surface area contributed by atoms with Crippen molar-refractivity contribution in [2.24, 2.45) is 0 Å². The number of amides is 2. The van der Waals surface area contributed by atoms with Gasteiger partial charge in [0.2, 0.25) is 15.9 Å². The van der Waals surface area contributed by atoms with Crippen LogP contribution in [0.3, 0.4) is 0 Å². The Morgan fingerprint density at radius 3 is 2.43 bits per heavy atom. The standard InChI is InChI=1S/C33H38ClFN4O6S/c1-22-20-36-21-25(39(22)46(43,44)26-6-3-2-4-7-26)14-15-27-28(35)8-5-9-29(27)37-31(40)30(38-32(41)42)33(16-18-45-19-17-33)23-10-12-24(34)13-11-23/h2-13,22,25,30,36,38H,14-21H2,1H3,(H,37,40)(H,41,42)/t22-,25+,30-/m1/s1. The van der Waals surface area contributed by atoms with Crippen LogP contribution >= 0.6 is 11.6 Å². The molecule has 0 radical (unpaired) electrons. The van der Waals surface area contributed by atoms with E-state index in [1.165, 1.54) is 16.4 Å². The number of hydrogen-bond acceptors (Lipinski definition) is 6. The number of nitrogens with zero attached hydrogens (tertiary/aromatic N) is 1. The van der Waals surface area contributed by atoms with Crippen molar-refractivity contribution in [1.82, 2.24) is 14.9 Å². The van der Waals surface area contributed by atoms with Crippen molar-refractivity contribution in [2.45, 2.75) is 61.0 Å². The van der Waals surface area contributed by atoms with Crippen LogP contribution in [0.1, 0.15) is 37.3 Å².